The number of likely N-dealkylation sites (tertiary alicyclic amines) is 1. The maximum absolute atomic E-state index is 11.8. The number of hydrogen-bond donors (Lipinski definition) is 2. The van der Waals surface area contributed by atoms with E-state index in [-0.39, 0.29) is 5.75 Å². The van der Waals surface area contributed by atoms with Crippen LogP contribution < -0.4 is 10.6 Å². The first-order valence-electron chi connectivity index (χ1n) is 9.78. The molecule has 0 amide bonds. The van der Waals surface area contributed by atoms with Crippen molar-refractivity contribution < 1.29 is 8.42 Å². The van der Waals surface area contributed by atoms with Crippen LogP contribution in [0.2, 0.25) is 0 Å². The van der Waals surface area contributed by atoms with Crippen LogP contribution in [0.5, 0.6) is 0 Å². The maximum Gasteiger partial charge on any atom is 0.214 e. The van der Waals surface area contributed by atoms with Crippen molar-refractivity contribution in [1.82, 2.24) is 19.8 Å². The first kappa shape index (κ1) is 20.1. The molecular formula is C19H31N5O2S. The molecule has 3 rings (SSSR count). The van der Waals surface area contributed by atoms with Gasteiger partial charge in [0, 0.05) is 52.4 Å². The number of nitrogens with zero attached hydrogens (tertiary/aromatic N) is 3. The molecule has 2 aliphatic rings. The average molecular weight is 394 g/mol. The lowest BCUT2D eigenvalue weighted by atomic mass is 10.0. The van der Waals surface area contributed by atoms with Crippen LogP contribution in [0.25, 0.3) is 0 Å². The fourth-order valence-electron chi connectivity index (χ4n) is 3.71. The molecule has 7 nitrogen and oxygen atoms in total. The molecule has 1 aromatic carbocycles. The van der Waals surface area contributed by atoms with E-state index in [1.54, 1.807) is 11.4 Å². The minimum absolute atomic E-state index is 0.279. The van der Waals surface area contributed by atoms with Crippen molar-refractivity contribution in [3.63, 3.8) is 0 Å². The maximum atomic E-state index is 11.8. The van der Waals surface area contributed by atoms with Crippen molar-refractivity contribution >= 4 is 16.0 Å². The Morgan fingerprint density at radius 2 is 1.93 bits per heavy atom. The molecule has 27 heavy (non-hydrogen) atoms. The van der Waals surface area contributed by atoms with Crippen LogP contribution in [-0.4, -0.2) is 75.1 Å². The molecule has 0 spiro atoms. The molecule has 0 bridgehead atoms. The van der Waals surface area contributed by atoms with Crippen molar-refractivity contribution in [3.05, 3.63) is 35.9 Å². The zero-order valence-corrected chi connectivity index (χ0v) is 16.9. The predicted octanol–water partition coefficient (Wildman–Crippen LogP) is 0.852. The van der Waals surface area contributed by atoms with Crippen LogP contribution >= 0.6 is 0 Å². The lowest BCUT2D eigenvalue weighted by molar-refractivity contribution is 0.198. The minimum atomic E-state index is -3.02. The highest BCUT2D eigenvalue weighted by atomic mass is 32.2. The van der Waals surface area contributed by atoms with E-state index in [2.05, 4.69) is 50.9 Å². The van der Waals surface area contributed by atoms with Crippen LogP contribution in [0.15, 0.2) is 35.3 Å². The monoisotopic (exact) mass is 393 g/mol. The lowest BCUT2D eigenvalue weighted by Crippen LogP contribution is -2.49. The Morgan fingerprint density at radius 1 is 1.19 bits per heavy atom. The summed E-state index contributed by atoms with van der Waals surface area (Å²) in [6.45, 7) is 4.84. The molecule has 2 aliphatic heterocycles. The highest BCUT2D eigenvalue weighted by Gasteiger charge is 2.27. The van der Waals surface area contributed by atoms with E-state index >= 15 is 0 Å². The van der Waals surface area contributed by atoms with Gasteiger partial charge in [-0.05, 0) is 24.8 Å². The zero-order valence-electron chi connectivity index (χ0n) is 16.1. The summed E-state index contributed by atoms with van der Waals surface area (Å²) in [6.07, 6.45) is 2.89. The van der Waals surface area contributed by atoms with Gasteiger partial charge in [0.05, 0.1) is 5.75 Å². The second-order valence-electron chi connectivity index (χ2n) is 7.25. The number of hydrogen-bond acceptors (Lipinski definition) is 4. The smallest absolute Gasteiger partial charge is 0.214 e. The van der Waals surface area contributed by atoms with Gasteiger partial charge in [-0.1, -0.05) is 30.3 Å². The largest absolute Gasteiger partial charge is 0.355 e. The van der Waals surface area contributed by atoms with Crippen molar-refractivity contribution in [2.45, 2.75) is 31.8 Å². The molecule has 2 fully saturated rings. The molecule has 0 atom stereocenters. The third kappa shape index (κ3) is 5.92. The summed E-state index contributed by atoms with van der Waals surface area (Å²) >= 11 is 0. The summed E-state index contributed by atoms with van der Waals surface area (Å²) < 4.78 is 25.2. The number of benzene rings is 1. The van der Waals surface area contributed by atoms with Crippen LogP contribution in [0, 0.1) is 0 Å². The number of piperidine rings is 1. The van der Waals surface area contributed by atoms with Crippen molar-refractivity contribution in [2.24, 2.45) is 4.99 Å². The SMILES string of the molecule is CN=C(NCCN1CCCS1(=O)=O)NC1CCN(Cc2ccccc2)CC1. The van der Waals surface area contributed by atoms with Crippen molar-refractivity contribution in [2.75, 3.05) is 45.5 Å². The molecule has 150 valence electrons. The Labute approximate surface area is 162 Å². The molecule has 2 N–H and O–H groups in total. The summed E-state index contributed by atoms with van der Waals surface area (Å²) in [5.74, 6) is 1.04. The number of rotatable bonds is 6. The Balaban J connectivity index is 1.37. The van der Waals surface area contributed by atoms with Gasteiger partial charge >= 0.3 is 0 Å². The van der Waals surface area contributed by atoms with E-state index in [9.17, 15) is 8.42 Å². The van der Waals surface area contributed by atoms with Gasteiger partial charge in [0.1, 0.15) is 0 Å². The normalized spacial score (nSPS) is 22.0. The van der Waals surface area contributed by atoms with Gasteiger partial charge in [-0.25, -0.2) is 12.7 Å². The molecule has 8 heteroatoms. The third-order valence-electron chi connectivity index (χ3n) is 5.26. The Hall–Kier alpha value is -1.64. The van der Waals surface area contributed by atoms with E-state index in [1.165, 1.54) is 5.56 Å². The molecule has 2 saturated heterocycles. The van der Waals surface area contributed by atoms with E-state index in [1.807, 2.05) is 0 Å². The van der Waals surface area contributed by atoms with Gasteiger partial charge in [-0.15, -0.1) is 0 Å². The molecule has 0 unspecified atom stereocenters. The number of aliphatic imine (C=N–C) groups is 1. The van der Waals surface area contributed by atoms with E-state index in [0.29, 0.717) is 25.7 Å². The van der Waals surface area contributed by atoms with Gasteiger partial charge < -0.3 is 10.6 Å². The first-order chi connectivity index (χ1) is 13.1. The molecule has 0 saturated carbocycles. The van der Waals surface area contributed by atoms with E-state index in [4.69, 9.17) is 0 Å². The second-order valence-corrected chi connectivity index (χ2v) is 9.34. The Bertz CT molecular complexity index is 715. The summed E-state index contributed by atoms with van der Waals surface area (Å²) in [5.41, 5.74) is 1.36. The molecular weight excluding hydrogens is 362 g/mol. The van der Waals surface area contributed by atoms with Crippen molar-refractivity contribution in [1.29, 1.82) is 0 Å². The lowest BCUT2D eigenvalue weighted by Gasteiger charge is -2.33. The topological polar surface area (TPSA) is 77.0 Å². The quantitative estimate of drug-likeness (QED) is 0.554. The van der Waals surface area contributed by atoms with E-state index < -0.39 is 10.0 Å². The third-order valence-corrected chi connectivity index (χ3v) is 7.21. The van der Waals surface area contributed by atoms with Crippen molar-refractivity contribution in [3.8, 4) is 0 Å². The van der Waals surface area contributed by atoms with Crippen LogP contribution in [-0.2, 0) is 16.6 Å². The minimum Gasteiger partial charge on any atom is -0.355 e. The summed E-state index contributed by atoms with van der Waals surface area (Å²) in [7, 11) is -1.27. The molecule has 0 aromatic heterocycles. The summed E-state index contributed by atoms with van der Waals surface area (Å²) in [4.78, 5) is 6.77. The number of guanidine groups is 1. The Kier molecular flexibility index (Phi) is 7.09. The Morgan fingerprint density at radius 3 is 2.56 bits per heavy atom. The molecule has 0 radical (unpaired) electrons. The van der Waals surface area contributed by atoms with Gasteiger partial charge in [-0.3, -0.25) is 9.89 Å². The van der Waals surface area contributed by atoms with Crippen LogP contribution in [0.1, 0.15) is 24.8 Å². The summed E-state index contributed by atoms with van der Waals surface area (Å²) in [6, 6.07) is 11.0. The average Bonchev–Trinajstić information content (AvgIpc) is 3.01. The number of nitrogens with one attached hydrogen (secondary N) is 2. The van der Waals surface area contributed by atoms with Crippen LogP contribution in [0.3, 0.4) is 0 Å². The van der Waals surface area contributed by atoms with Gasteiger partial charge in [0.25, 0.3) is 0 Å². The first-order valence-corrected chi connectivity index (χ1v) is 11.4. The fraction of sp³-hybridized carbons (Fsp3) is 0.632. The second kappa shape index (κ2) is 9.52. The predicted molar refractivity (Wildman–Crippen MR) is 109 cm³/mol. The molecule has 2 heterocycles. The molecule has 1 aromatic rings. The fourth-order valence-corrected chi connectivity index (χ4v) is 5.24. The highest BCUT2D eigenvalue weighted by Crippen LogP contribution is 2.14. The van der Waals surface area contributed by atoms with Crippen LogP contribution in [0.4, 0.5) is 0 Å². The van der Waals surface area contributed by atoms with Gasteiger partial charge in [-0.2, -0.15) is 0 Å². The molecule has 0 aliphatic carbocycles. The van der Waals surface area contributed by atoms with Gasteiger partial charge in [0.2, 0.25) is 10.0 Å². The van der Waals surface area contributed by atoms with Gasteiger partial charge in [0.15, 0.2) is 5.96 Å². The van der Waals surface area contributed by atoms with E-state index in [0.717, 1.165) is 44.9 Å². The zero-order chi connectivity index (χ0) is 19.1. The summed E-state index contributed by atoms with van der Waals surface area (Å²) in [5, 5.41) is 6.73. The standard InChI is InChI=1S/C19H31N5O2S/c1-20-19(21-10-14-24-11-5-15-27(24,25)26)22-18-8-12-23(13-9-18)16-17-6-3-2-4-7-17/h2-4,6-7,18H,5,8-16H2,1H3,(H2,20,21,22). The highest BCUT2D eigenvalue weighted by molar-refractivity contribution is 7.89. The number of sulfonamides is 1.